The Labute approximate surface area is 336 Å². The van der Waals surface area contributed by atoms with Crippen molar-refractivity contribution in [2.75, 3.05) is 0 Å². The summed E-state index contributed by atoms with van der Waals surface area (Å²) in [5, 5.41) is 10.1. The van der Waals surface area contributed by atoms with Crippen molar-refractivity contribution in [3.8, 4) is 44.8 Å². The van der Waals surface area contributed by atoms with Crippen LogP contribution in [0, 0.1) is 0 Å². The fourth-order valence-electron chi connectivity index (χ4n) is 9.32. The van der Waals surface area contributed by atoms with Gasteiger partial charge >= 0.3 is 0 Å². The molecule has 0 fully saturated rings. The van der Waals surface area contributed by atoms with Crippen LogP contribution in [0.2, 0.25) is 0 Å². The molecule has 0 amide bonds. The molecule has 10 aromatic carbocycles. The van der Waals surface area contributed by atoms with Crippen LogP contribution < -0.4 is 0 Å². The molecule has 2 heterocycles. The molecule has 58 heavy (non-hydrogen) atoms. The van der Waals surface area contributed by atoms with Crippen molar-refractivity contribution in [2.45, 2.75) is 0 Å². The minimum atomic E-state index is 1.15. The van der Waals surface area contributed by atoms with Crippen molar-refractivity contribution in [3.63, 3.8) is 0 Å². The van der Waals surface area contributed by atoms with E-state index in [0.717, 1.165) is 5.69 Å². The van der Waals surface area contributed by atoms with Gasteiger partial charge in [-0.2, -0.15) is 0 Å². The number of benzene rings is 10. The molecule has 0 N–H and O–H groups in total. The van der Waals surface area contributed by atoms with Gasteiger partial charge < -0.3 is 9.13 Å². The summed E-state index contributed by atoms with van der Waals surface area (Å²) in [7, 11) is 0. The average molecular weight is 737 g/mol. The molecule has 0 aliphatic carbocycles. The van der Waals surface area contributed by atoms with E-state index in [0.29, 0.717) is 0 Å². The third-order valence-corrected chi connectivity index (χ3v) is 12.1. The first-order chi connectivity index (χ1) is 28.7. The fraction of sp³-hybridized carbons (Fsp3) is 0. The van der Waals surface area contributed by atoms with Gasteiger partial charge in [0.25, 0.3) is 0 Å². The van der Waals surface area contributed by atoms with Crippen molar-refractivity contribution in [1.29, 1.82) is 0 Å². The summed E-state index contributed by atoms with van der Waals surface area (Å²) < 4.78 is 4.85. The van der Waals surface area contributed by atoms with Crippen molar-refractivity contribution in [1.82, 2.24) is 9.13 Å². The van der Waals surface area contributed by atoms with Gasteiger partial charge in [0.15, 0.2) is 0 Å². The predicted octanol–water partition coefficient (Wildman–Crippen LogP) is 15.2. The van der Waals surface area contributed by atoms with E-state index in [4.69, 9.17) is 0 Å². The summed E-state index contributed by atoms with van der Waals surface area (Å²) in [6.45, 7) is 0. The zero-order chi connectivity index (χ0) is 38.2. The molecule has 0 radical (unpaired) electrons. The Morgan fingerprint density at radius 1 is 0.207 bits per heavy atom. The Kier molecular flexibility index (Phi) is 7.26. The number of hydrogen-bond acceptors (Lipinski definition) is 0. The Bertz CT molecular complexity index is 3570. The molecule has 0 aliphatic heterocycles. The first-order valence-corrected chi connectivity index (χ1v) is 20.0. The van der Waals surface area contributed by atoms with Gasteiger partial charge in [-0.15, -0.1) is 0 Å². The summed E-state index contributed by atoms with van der Waals surface area (Å²) in [5.41, 5.74) is 14.4. The maximum atomic E-state index is 2.43. The maximum Gasteiger partial charge on any atom is 0.0541 e. The largest absolute Gasteiger partial charge is 0.309 e. The third-order valence-electron chi connectivity index (χ3n) is 12.1. The van der Waals surface area contributed by atoms with E-state index in [1.807, 2.05) is 0 Å². The number of nitrogens with zero attached hydrogens (tertiary/aromatic N) is 2. The van der Waals surface area contributed by atoms with E-state index in [9.17, 15) is 0 Å². The highest BCUT2D eigenvalue weighted by Crippen LogP contribution is 2.40. The SMILES string of the molecule is c1ccc(-c2cccc(-c3cccc(-n4c5ccccc5c5cc(-c6ccc7c(c6)c6ccccc6n7-c6ccc7ccc8ccccc8c7c6)ccc54)c3)c2)cc1. The van der Waals surface area contributed by atoms with Crippen LogP contribution >= 0.6 is 0 Å². The van der Waals surface area contributed by atoms with Crippen molar-refractivity contribution >= 4 is 65.2 Å². The Balaban J connectivity index is 0.980. The van der Waals surface area contributed by atoms with Crippen LogP contribution in [0.5, 0.6) is 0 Å². The number of fused-ring (bicyclic) bond motifs is 9. The molecule has 12 rings (SSSR count). The third kappa shape index (κ3) is 5.12. The van der Waals surface area contributed by atoms with Gasteiger partial charge in [-0.05, 0) is 122 Å². The van der Waals surface area contributed by atoms with Crippen LogP contribution in [-0.2, 0) is 0 Å². The lowest BCUT2D eigenvalue weighted by Gasteiger charge is -2.12. The molecule has 0 bridgehead atoms. The monoisotopic (exact) mass is 736 g/mol. The van der Waals surface area contributed by atoms with Gasteiger partial charge in [0.1, 0.15) is 0 Å². The normalized spacial score (nSPS) is 11.8. The summed E-state index contributed by atoms with van der Waals surface area (Å²) in [5.74, 6) is 0. The van der Waals surface area contributed by atoms with Crippen LogP contribution in [0.3, 0.4) is 0 Å². The molecule has 270 valence electrons. The second-order valence-corrected chi connectivity index (χ2v) is 15.4. The zero-order valence-electron chi connectivity index (χ0n) is 31.7. The standard InChI is InChI=1S/C56H36N2/c1-2-12-37(13-3-1)40-15-10-16-41(32-40)42-17-11-18-45(33-42)57-53-22-8-6-20-48(53)51-34-43(27-30-55(51)57)44-28-31-56-52(35-44)49-21-7-9-23-54(49)58(56)46-29-26-39-25-24-38-14-4-5-19-47(38)50(39)36-46/h1-36H. The quantitative estimate of drug-likeness (QED) is 0.156. The highest BCUT2D eigenvalue weighted by Gasteiger charge is 2.17. The number of hydrogen-bond donors (Lipinski definition) is 0. The van der Waals surface area contributed by atoms with Gasteiger partial charge in [0.05, 0.1) is 22.1 Å². The van der Waals surface area contributed by atoms with Gasteiger partial charge in [-0.1, -0.05) is 152 Å². The number of aromatic nitrogens is 2. The summed E-state index contributed by atoms with van der Waals surface area (Å²) >= 11 is 0. The molecular formula is C56H36N2. The van der Waals surface area contributed by atoms with Gasteiger partial charge in [-0.3, -0.25) is 0 Å². The molecule has 12 aromatic rings. The highest BCUT2D eigenvalue weighted by atomic mass is 15.0. The van der Waals surface area contributed by atoms with Gasteiger partial charge in [0.2, 0.25) is 0 Å². The Hall–Kier alpha value is -7.68. The lowest BCUT2D eigenvalue weighted by atomic mass is 9.99. The van der Waals surface area contributed by atoms with Crippen LogP contribution in [0.1, 0.15) is 0 Å². The second-order valence-electron chi connectivity index (χ2n) is 15.4. The molecular weight excluding hydrogens is 701 g/mol. The van der Waals surface area contributed by atoms with Crippen LogP contribution in [0.4, 0.5) is 0 Å². The number of para-hydroxylation sites is 2. The van der Waals surface area contributed by atoms with E-state index in [1.165, 1.54) is 104 Å². The number of rotatable bonds is 5. The summed E-state index contributed by atoms with van der Waals surface area (Å²) in [6, 6.07) is 80.0. The first-order valence-electron chi connectivity index (χ1n) is 20.0. The molecule has 2 heteroatoms. The van der Waals surface area contributed by atoms with Crippen molar-refractivity contribution in [3.05, 3.63) is 218 Å². The lowest BCUT2D eigenvalue weighted by Crippen LogP contribution is -1.94. The maximum absolute atomic E-state index is 2.43. The van der Waals surface area contributed by atoms with Gasteiger partial charge in [0, 0.05) is 32.9 Å². The Morgan fingerprint density at radius 2 is 0.655 bits per heavy atom. The van der Waals surface area contributed by atoms with E-state index in [1.54, 1.807) is 0 Å². The molecule has 0 saturated carbocycles. The van der Waals surface area contributed by atoms with E-state index >= 15 is 0 Å². The molecule has 0 aliphatic rings. The second kappa shape index (κ2) is 12.9. The average Bonchev–Trinajstić information content (AvgIpc) is 3.81. The van der Waals surface area contributed by atoms with E-state index in [2.05, 4.69) is 228 Å². The summed E-state index contributed by atoms with van der Waals surface area (Å²) in [4.78, 5) is 0. The predicted molar refractivity (Wildman–Crippen MR) is 246 cm³/mol. The zero-order valence-corrected chi connectivity index (χ0v) is 31.7. The van der Waals surface area contributed by atoms with Crippen molar-refractivity contribution < 1.29 is 0 Å². The van der Waals surface area contributed by atoms with E-state index < -0.39 is 0 Å². The summed E-state index contributed by atoms with van der Waals surface area (Å²) in [6.07, 6.45) is 0. The molecule has 0 saturated heterocycles. The fourth-order valence-corrected chi connectivity index (χ4v) is 9.32. The van der Waals surface area contributed by atoms with Crippen LogP contribution in [0.15, 0.2) is 218 Å². The molecule has 0 spiro atoms. The van der Waals surface area contributed by atoms with E-state index in [-0.39, 0.29) is 0 Å². The highest BCUT2D eigenvalue weighted by molar-refractivity contribution is 6.13. The van der Waals surface area contributed by atoms with Crippen LogP contribution in [0.25, 0.3) is 110 Å². The molecule has 2 nitrogen and oxygen atoms in total. The topological polar surface area (TPSA) is 9.86 Å². The lowest BCUT2D eigenvalue weighted by molar-refractivity contribution is 1.18. The minimum absolute atomic E-state index is 1.15. The van der Waals surface area contributed by atoms with Crippen molar-refractivity contribution in [2.24, 2.45) is 0 Å². The minimum Gasteiger partial charge on any atom is -0.309 e. The smallest absolute Gasteiger partial charge is 0.0541 e. The molecule has 0 unspecified atom stereocenters. The Morgan fingerprint density at radius 3 is 1.33 bits per heavy atom. The molecule has 0 atom stereocenters. The van der Waals surface area contributed by atoms with Gasteiger partial charge in [-0.25, -0.2) is 0 Å². The first kappa shape index (κ1) is 32.6. The molecule has 2 aromatic heterocycles. The van der Waals surface area contributed by atoms with Crippen LogP contribution in [-0.4, -0.2) is 9.13 Å².